The minimum atomic E-state index is -0.151. The number of carbonyl (C=O) groups excluding carboxylic acids is 1. The Balaban J connectivity index is 1.52. The maximum Gasteiger partial charge on any atom is 0.251 e. The number of aryl methyl sites for hydroxylation is 1. The molecule has 1 heterocycles. The van der Waals surface area contributed by atoms with Crippen molar-refractivity contribution in [3.05, 3.63) is 45.6 Å². The summed E-state index contributed by atoms with van der Waals surface area (Å²) in [5, 5.41) is 7.32. The van der Waals surface area contributed by atoms with Crippen LogP contribution in [0, 0.1) is 6.92 Å². The molecule has 0 aliphatic heterocycles. The van der Waals surface area contributed by atoms with Crippen LogP contribution in [0.15, 0.2) is 24.4 Å². The number of methoxy groups -OCH3 is 1. The van der Waals surface area contributed by atoms with Crippen LogP contribution in [-0.2, 0) is 0 Å². The summed E-state index contributed by atoms with van der Waals surface area (Å²) in [5.74, 6) is 0.995. The molecule has 144 valence electrons. The second-order valence-corrected chi connectivity index (χ2v) is 7.58. The van der Waals surface area contributed by atoms with Crippen LogP contribution in [0.2, 0.25) is 10.0 Å². The first kappa shape index (κ1) is 19.7. The highest BCUT2D eigenvalue weighted by Crippen LogP contribution is 2.24. The van der Waals surface area contributed by atoms with E-state index in [1.807, 2.05) is 6.92 Å². The molecule has 0 atom stereocenters. The molecule has 1 aromatic heterocycles. The number of amides is 1. The van der Waals surface area contributed by atoms with Crippen LogP contribution in [0.3, 0.4) is 0 Å². The molecule has 27 heavy (non-hydrogen) atoms. The van der Waals surface area contributed by atoms with E-state index in [2.05, 4.69) is 20.6 Å². The third-order valence-electron chi connectivity index (χ3n) is 4.64. The maximum atomic E-state index is 12.4. The molecule has 8 heteroatoms. The van der Waals surface area contributed by atoms with Gasteiger partial charge in [-0.15, -0.1) is 0 Å². The normalized spacial score (nSPS) is 19.4. The Kier molecular flexibility index (Phi) is 6.39. The summed E-state index contributed by atoms with van der Waals surface area (Å²) in [6, 6.07) is 5.25. The lowest BCUT2D eigenvalue weighted by molar-refractivity contribution is 0.0926. The van der Waals surface area contributed by atoms with Crippen molar-refractivity contribution in [2.75, 3.05) is 12.4 Å². The average molecular weight is 409 g/mol. The molecule has 0 unspecified atom stereocenters. The molecule has 1 amide bonds. The van der Waals surface area contributed by atoms with Crippen LogP contribution in [0.5, 0.6) is 5.88 Å². The number of anilines is 1. The van der Waals surface area contributed by atoms with Gasteiger partial charge in [0, 0.05) is 39.5 Å². The summed E-state index contributed by atoms with van der Waals surface area (Å²) >= 11 is 11.9. The van der Waals surface area contributed by atoms with E-state index in [4.69, 9.17) is 27.9 Å². The van der Waals surface area contributed by atoms with E-state index in [1.165, 1.54) is 0 Å². The van der Waals surface area contributed by atoms with Gasteiger partial charge in [0.1, 0.15) is 0 Å². The lowest BCUT2D eigenvalue weighted by Crippen LogP contribution is -2.40. The summed E-state index contributed by atoms with van der Waals surface area (Å²) < 4.78 is 5.24. The number of aromatic nitrogens is 2. The first-order valence-corrected chi connectivity index (χ1v) is 9.61. The molecule has 0 saturated heterocycles. The molecule has 1 saturated carbocycles. The maximum absolute atomic E-state index is 12.4. The molecular formula is C19H22Cl2N4O2. The molecule has 1 fully saturated rings. The van der Waals surface area contributed by atoms with E-state index in [0.29, 0.717) is 27.4 Å². The van der Waals surface area contributed by atoms with Crippen molar-refractivity contribution in [2.45, 2.75) is 44.7 Å². The molecule has 0 bridgehead atoms. The number of carbonyl (C=O) groups is 1. The standard InChI is InChI=1S/C19H22Cl2N4O2/c1-11-10-22-19(25-18(11)27-2)24-16-5-3-15(4-6-16)23-17(26)12-7-13(20)9-14(21)8-12/h7-10,15-16H,3-6H2,1-2H3,(H,23,26)(H,22,24,25)/t15-,16+. The number of nitrogens with one attached hydrogen (secondary N) is 2. The van der Waals surface area contributed by atoms with Crippen molar-refractivity contribution in [3.8, 4) is 5.88 Å². The Labute approximate surface area is 168 Å². The fraction of sp³-hybridized carbons (Fsp3) is 0.421. The van der Waals surface area contributed by atoms with Crippen molar-refractivity contribution in [2.24, 2.45) is 0 Å². The predicted molar refractivity (Wildman–Crippen MR) is 107 cm³/mol. The fourth-order valence-corrected chi connectivity index (χ4v) is 3.75. The zero-order valence-electron chi connectivity index (χ0n) is 15.3. The summed E-state index contributed by atoms with van der Waals surface area (Å²) in [6.45, 7) is 1.91. The second-order valence-electron chi connectivity index (χ2n) is 6.71. The number of benzene rings is 1. The largest absolute Gasteiger partial charge is 0.481 e. The van der Waals surface area contributed by atoms with Crippen LogP contribution in [-0.4, -0.2) is 35.1 Å². The third-order valence-corrected chi connectivity index (χ3v) is 5.08. The van der Waals surface area contributed by atoms with Crippen LogP contribution in [0.4, 0.5) is 5.95 Å². The molecule has 1 aliphatic rings. The number of hydrogen-bond donors (Lipinski definition) is 2. The summed E-state index contributed by atoms with van der Waals surface area (Å²) in [5.41, 5.74) is 1.38. The van der Waals surface area contributed by atoms with Crippen molar-refractivity contribution in [1.82, 2.24) is 15.3 Å². The van der Waals surface area contributed by atoms with Gasteiger partial charge >= 0.3 is 0 Å². The van der Waals surface area contributed by atoms with Gasteiger partial charge in [0.2, 0.25) is 11.8 Å². The molecule has 2 aromatic rings. The first-order chi connectivity index (χ1) is 12.9. The van der Waals surface area contributed by atoms with E-state index in [1.54, 1.807) is 31.5 Å². The molecule has 6 nitrogen and oxygen atoms in total. The average Bonchev–Trinajstić information content (AvgIpc) is 2.64. The molecule has 1 aromatic carbocycles. The lowest BCUT2D eigenvalue weighted by atomic mass is 9.91. The Bertz CT molecular complexity index is 803. The zero-order valence-corrected chi connectivity index (χ0v) is 16.8. The van der Waals surface area contributed by atoms with E-state index in [9.17, 15) is 4.79 Å². The van der Waals surface area contributed by atoms with E-state index >= 15 is 0 Å². The minimum absolute atomic E-state index is 0.127. The van der Waals surface area contributed by atoms with E-state index < -0.39 is 0 Å². The number of hydrogen-bond acceptors (Lipinski definition) is 5. The zero-order chi connectivity index (χ0) is 19.4. The first-order valence-electron chi connectivity index (χ1n) is 8.85. The lowest BCUT2D eigenvalue weighted by Gasteiger charge is -2.29. The van der Waals surface area contributed by atoms with Gasteiger partial charge in [0.05, 0.1) is 7.11 Å². The number of ether oxygens (including phenoxy) is 1. The second kappa shape index (κ2) is 8.76. The van der Waals surface area contributed by atoms with E-state index in [-0.39, 0.29) is 18.0 Å². The SMILES string of the molecule is COc1nc(N[C@H]2CC[C@@H](NC(=O)c3cc(Cl)cc(Cl)c3)CC2)ncc1C. The van der Waals surface area contributed by atoms with Gasteiger partial charge in [-0.1, -0.05) is 23.2 Å². The third kappa shape index (κ3) is 5.23. The van der Waals surface area contributed by atoms with Crippen LogP contribution in [0.1, 0.15) is 41.6 Å². The van der Waals surface area contributed by atoms with E-state index in [0.717, 1.165) is 31.2 Å². The Morgan fingerprint density at radius 3 is 2.37 bits per heavy atom. The summed E-state index contributed by atoms with van der Waals surface area (Å²) in [4.78, 5) is 21.1. The highest BCUT2D eigenvalue weighted by atomic mass is 35.5. The van der Waals surface area contributed by atoms with Gasteiger partial charge in [-0.2, -0.15) is 4.98 Å². The van der Waals surface area contributed by atoms with Gasteiger partial charge in [-0.3, -0.25) is 4.79 Å². The minimum Gasteiger partial charge on any atom is -0.481 e. The quantitative estimate of drug-likeness (QED) is 0.772. The van der Waals surface area contributed by atoms with Gasteiger partial charge in [-0.05, 0) is 50.8 Å². The molecule has 0 spiro atoms. The molecule has 3 rings (SSSR count). The predicted octanol–water partition coefficient (Wildman–Crippen LogP) is 4.25. The van der Waals surface area contributed by atoms with Crippen LogP contribution in [0.25, 0.3) is 0 Å². The Morgan fingerprint density at radius 1 is 1.11 bits per heavy atom. The molecule has 2 N–H and O–H groups in total. The highest BCUT2D eigenvalue weighted by molar-refractivity contribution is 6.35. The van der Waals surface area contributed by atoms with Gasteiger partial charge in [0.15, 0.2) is 0 Å². The highest BCUT2D eigenvalue weighted by Gasteiger charge is 2.23. The van der Waals surface area contributed by atoms with Crippen LogP contribution >= 0.6 is 23.2 Å². The molecular weight excluding hydrogens is 387 g/mol. The topological polar surface area (TPSA) is 76.1 Å². The molecule has 0 radical (unpaired) electrons. The smallest absolute Gasteiger partial charge is 0.251 e. The van der Waals surface area contributed by atoms with Crippen molar-refractivity contribution >= 4 is 35.1 Å². The summed E-state index contributed by atoms with van der Waals surface area (Å²) in [7, 11) is 1.60. The van der Waals surface area contributed by atoms with Crippen molar-refractivity contribution < 1.29 is 9.53 Å². The number of rotatable bonds is 5. The summed E-state index contributed by atoms with van der Waals surface area (Å²) in [6.07, 6.45) is 5.33. The van der Waals surface area contributed by atoms with Gasteiger partial charge in [0.25, 0.3) is 5.91 Å². The van der Waals surface area contributed by atoms with Crippen LogP contribution < -0.4 is 15.4 Å². The van der Waals surface area contributed by atoms with Crippen molar-refractivity contribution in [3.63, 3.8) is 0 Å². The monoisotopic (exact) mass is 408 g/mol. The van der Waals surface area contributed by atoms with Gasteiger partial charge < -0.3 is 15.4 Å². The molecule has 1 aliphatic carbocycles. The van der Waals surface area contributed by atoms with Gasteiger partial charge in [-0.25, -0.2) is 4.98 Å². The Morgan fingerprint density at radius 2 is 1.74 bits per heavy atom. The van der Waals surface area contributed by atoms with Crippen molar-refractivity contribution in [1.29, 1.82) is 0 Å². The number of halogens is 2. The number of nitrogens with zero attached hydrogens (tertiary/aromatic N) is 2. The Hall–Kier alpha value is -2.05. The fourth-order valence-electron chi connectivity index (χ4n) is 3.22.